The Morgan fingerprint density at radius 3 is 2.85 bits per heavy atom. The lowest BCUT2D eigenvalue weighted by Crippen LogP contribution is -2.25. The molecule has 0 saturated heterocycles. The molecule has 2 N–H and O–H groups in total. The van der Waals surface area contributed by atoms with Crippen molar-refractivity contribution in [2.45, 2.75) is 6.42 Å². The van der Waals surface area contributed by atoms with Crippen LogP contribution < -0.4 is 5.32 Å². The fraction of sp³-hybridized carbons (Fsp3) is 0.357. The van der Waals surface area contributed by atoms with E-state index < -0.39 is 10.8 Å². The number of carbonyl (C=O) groups is 1. The maximum atomic E-state index is 11.8. The molecule has 0 radical (unpaired) electrons. The Bertz CT molecular complexity index is 563. The Kier molecular flexibility index (Phi) is 7.31. The van der Waals surface area contributed by atoms with Gasteiger partial charge in [-0.2, -0.15) is 0 Å². The van der Waals surface area contributed by atoms with Crippen LogP contribution in [0.1, 0.15) is 22.3 Å². The summed E-state index contributed by atoms with van der Waals surface area (Å²) in [6.45, 7) is 0.236. The predicted octanol–water partition coefficient (Wildman–Crippen LogP) is 1.18. The Hall–Kier alpha value is -1.35. The number of aliphatic hydroxyl groups is 1. The molecule has 0 aliphatic carbocycles. The third-order valence-electron chi connectivity index (χ3n) is 2.43. The predicted molar refractivity (Wildman–Crippen MR) is 81.3 cm³/mol. The Balaban J connectivity index is 2.61. The summed E-state index contributed by atoms with van der Waals surface area (Å²) >= 11 is 6.01. The van der Waals surface area contributed by atoms with Gasteiger partial charge in [0.05, 0.1) is 5.02 Å². The van der Waals surface area contributed by atoms with E-state index in [4.69, 9.17) is 16.7 Å². The maximum absolute atomic E-state index is 11.8. The van der Waals surface area contributed by atoms with E-state index in [1.54, 1.807) is 18.4 Å². The van der Waals surface area contributed by atoms with Crippen molar-refractivity contribution in [1.29, 1.82) is 0 Å². The number of rotatable bonds is 5. The molecule has 0 saturated carbocycles. The first kappa shape index (κ1) is 16.7. The van der Waals surface area contributed by atoms with Gasteiger partial charge < -0.3 is 10.4 Å². The number of hydrogen-bond donors (Lipinski definition) is 2. The minimum atomic E-state index is -0.843. The van der Waals surface area contributed by atoms with Crippen LogP contribution in [-0.2, 0) is 10.8 Å². The van der Waals surface area contributed by atoms with Gasteiger partial charge >= 0.3 is 0 Å². The molecule has 0 aliphatic heterocycles. The fourth-order valence-electron chi connectivity index (χ4n) is 1.47. The average Bonchev–Trinajstić information content (AvgIpc) is 2.41. The van der Waals surface area contributed by atoms with Gasteiger partial charge in [0.1, 0.15) is 6.61 Å². The molecule has 1 amide bonds. The molecule has 0 fully saturated rings. The van der Waals surface area contributed by atoms with Crippen molar-refractivity contribution in [2.75, 3.05) is 25.2 Å². The third kappa shape index (κ3) is 5.74. The Morgan fingerprint density at radius 2 is 2.25 bits per heavy atom. The average molecular weight is 314 g/mol. The summed E-state index contributed by atoms with van der Waals surface area (Å²) in [4.78, 5) is 11.8. The monoisotopic (exact) mass is 313 g/mol. The molecule has 0 bridgehead atoms. The first-order valence-electron chi connectivity index (χ1n) is 6.02. The summed E-state index contributed by atoms with van der Waals surface area (Å²) in [7, 11) is -0.843. The van der Waals surface area contributed by atoms with Crippen molar-refractivity contribution < 1.29 is 14.1 Å². The molecule has 1 aromatic rings. The lowest BCUT2D eigenvalue weighted by atomic mass is 10.1. The van der Waals surface area contributed by atoms with E-state index in [0.717, 1.165) is 0 Å². The zero-order valence-electron chi connectivity index (χ0n) is 11.1. The summed E-state index contributed by atoms with van der Waals surface area (Å²) in [5.74, 6) is 5.53. The second-order valence-electron chi connectivity index (χ2n) is 4.04. The van der Waals surface area contributed by atoms with Crippen LogP contribution in [0.15, 0.2) is 18.2 Å². The van der Waals surface area contributed by atoms with E-state index in [0.29, 0.717) is 34.9 Å². The van der Waals surface area contributed by atoms with Crippen LogP contribution in [0.5, 0.6) is 0 Å². The minimum Gasteiger partial charge on any atom is -0.384 e. The molecule has 0 heterocycles. The van der Waals surface area contributed by atoms with E-state index in [2.05, 4.69) is 17.2 Å². The normalized spacial score (nSPS) is 11.3. The SMILES string of the molecule is CS(=O)CCCNC(=O)c1ccc(C#CCO)c(Cl)c1. The van der Waals surface area contributed by atoms with Gasteiger partial charge in [0, 0.05) is 40.5 Å². The number of hydrogen-bond acceptors (Lipinski definition) is 3. The Labute approximate surface area is 126 Å². The smallest absolute Gasteiger partial charge is 0.251 e. The second kappa shape index (κ2) is 8.75. The minimum absolute atomic E-state index is 0.226. The van der Waals surface area contributed by atoms with E-state index in [1.165, 1.54) is 6.07 Å². The van der Waals surface area contributed by atoms with Crippen LogP contribution in [-0.4, -0.2) is 40.4 Å². The Morgan fingerprint density at radius 1 is 1.50 bits per heavy atom. The van der Waals surface area contributed by atoms with Crippen molar-refractivity contribution in [3.8, 4) is 11.8 Å². The first-order valence-corrected chi connectivity index (χ1v) is 8.12. The number of benzene rings is 1. The number of aliphatic hydroxyl groups excluding tert-OH is 1. The van der Waals surface area contributed by atoms with Gasteiger partial charge in [0.25, 0.3) is 5.91 Å². The molecule has 1 aromatic carbocycles. The highest BCUT2D eigenvalue weighted by Gasteiger charge is 2.07. The molecular formula is C14H16ClNO3S. The quantitative estimate of drug-likeness (QED) is 0.634. The molecule has 1 rings (SSSR count). The van der Waals surface area contributed by atoms with Crippen molar-refractivity contribution in [1.82, 2.24) is 5.32 Å². The summed E-state index contributed by atoms with van der Waals surface area (Å²) in [6.07, 6.45) is 2.30. The molecule has 0 spiro atoms. The molecule has 108 valence electrons. The molecule has 6 heteroatoms. The van der Waals surface area contributed by atoms with Crippen LogP contribution in [0.2, 0.25) is 5.02 Å². The van der Waals surface area contributed by atoms with Crippen molar-refractivity contribution in [3.05, 3.63) is 34.3 Å². The van der Waals surface area contributed by atoms with Gasteiger partial charge in [-0.3, -0.25) is 9.00 Å². The molecule has 4 nitrogen and oxygen atoms in total. The van der Waals surface area contributed by atoms with E-state index in [1.807, 2.05) is 0 Å². The molecular weight excluding hydrogens is 298 g/mol. The summed E-state index contributed by atoms with van der Waals surface area (Å²) < 4.78 is 10.9. The highest BCUT2D eigenvalue weighted by atomic mass is 35.5. The fourth-order valence-corrected chi connectivity index (χ4v) is 2.25. The van der Waals surface area contributed by atoms with E-state index in [9.17, 15) is 9.00 Å². The van der Waals surface area contributed by atoms with Crippen LogP contribution >= 0.6 is 11.6 Å². The lowest BCUT2D eigenvalue weighted by Gasteiger charge is -2.05. The second-order valence-corrected chi connectivity index (χ2v) is 6.00. The van der Waals surface area contributed by atoms with Gasteiger partial charge in [-0.1, -0.05) is 23.4 Å². The van der Waals surface area contributed by atoms with Gasteiger partial charge in [0.2, 0.25) is 0 Å². The van der Waals surface area contributed by atoms with Gasteiger partial charge in [-0.25, -0.2) is 0 Å². The van der Waals surface area contributed by atoms with Crippen molar-refractivity contribution >= 4 is 28.3 Å². The number of amides is 1. The van der Waals surface area contributed by atoms with Gasteiger partial charge in [0.15, 0.2) is 0 Å². The van der Waals surface area contributed by atoms with Gasteiger partial charge in [-0.05, 0) is 24.6 Å². The van der Waals surface area contributed by atoms with E-state index >= 15 is 0 Å². The highest BCUT2D eigenvalue weighted by Crippen LogP contribution is 2.17. The number of halogens is 1. The van der Waals surface area contributed by atoms with Crippen LogP contribution in [0.25, 0.3) is 0 Å². The molecule has 20 heavy (non-hydrogen) atoms. The maximum Gasteiger partial charge on any atom is 0.251 e. The van der Waals surface area contributed by atoms with Crippen molar-refractivity contribution in [3.63, 3.8) is 0 Å². The molecule has 0 aromatic heterocycles. The third-order valence-corrected chi connectivity index (χ3v) is 3.60. The molecule has 1 unspecified atom stereocenters. The largest absolute Gasteiger partial charge is 0.384 e. The molecule has 1 atom stereocenters. The first-order chi connectivity index (χ1) is 9.54. The van der Waals surface area contributed by atoms with Crippen LogP contribution in [0.4, 0.5) is 0 Å². The number of nitrogens with one attached hydrogen (secondary N) is 1. The topological polar surface area (TPSA) is 66.4 Å². The van der Waals surface area contributed by atoms with Crippen LogP contribution in [0.3, 0.4) is 0 Å². The number of carbonyl (C=O) groups excluding carboxylic acids is 1. The lowest BCUT2D eigenvalue weighted by molar-refractivity contribution is 0.0953. The highest BCUT2D eigenvalue weighted by molar-refractivity contribution is 7.84. The summed E-state index contributed by atoms with van der Waals surface area (Å²) in [6, 6.07) is 4.80. The zero-order valence-corrected chi connectivity index (χ0v) is 12.7. The van der Waals surface area contributed by atoms with Crippen LogP contribution in [0, 0.1) is 11.8 Å². The standard InChI is InChI=1S/C14H16ClNO3S/c1-20(19)9-3-7-16-14(18)12-6-5-11(4-2-8-17)13(15)10-12/h5-6,10,17H,3,7-9H2,1H3,(H,16,18). The summed E-state index contributed by atoms with van der Waals surface area (Å²) in [5, 5.41) is 11.7. The molecule has 0 aliphatic rings. The van der Waals surface area contributed by atoms with Crippen molar-refractivity contribution in [2.24, 2.45) is 0 Å². The zero-order chi connectivity index (χ0) is 15.0. The van der Waals surface area contributed by atoms with E-state index in [-0.39, 0.29) is 12.5 Å². The van der Waals surface area contributed by atoms with Gasteiger partial charge in [-0.15, -0.1) is 0 Å². The summed E-state index contributed by atoms with van der Waals surface area (Å²) in [5.41, 5.74) is 1.01.